The van der Waals surface area contributed by atoms with Gasteiger partial charge >= 0.3 is 0 Å². The highest BCUT2D eigenvalue weighted by Gasteiger charge is 2.26. The van der Waals surface area contributed by atoms with Crippen LogP contribution < -0.4 is 0 Å². The van der Waals surface area contributed by atoms with Crippen molar-refractivity contribution in [1.29, 1.82) is 21.0 Å². The molecule has 0 unspecified atom stereocenters. The molecule has 6 rings (SSSR count). The zero-order valence-electron chi connectivity index (χ0n) is 23.3. The molecule has 0 spiro atoms. The molecule has 0 aromatic carbocycles. The molecule has 6 aromatic rings. The lowest BCUT2D eigenvalue weighted by Gasteiger charge is -2.06. The molecule has 0 radical (unpaired) electrons. The number of thiophene rings is 4. The Labute approximate surface area is 259 Å². The lowest BCUT2D eigenvalue weighted by atomic mass is 10.2. The van der Waals surface area contributed by atoms with Crippen LogP contribution in [0.15, 0.2) is 23.3 Å². The Balaban J connectivity index is 1.62. The number of hydrogen-bond donors (Lipinski definition) is 0. The first-order chi connectivity index (χ1) is 20.6. The molecule has 42 heavy (non-hydrogen) atoms. The van der Waals surface area contributed by atoms with Crippen molar-refractivity contribution < 1.29 is 0 Å². The lowest BCUT2D eigenvalue weighted by Crippen LogP contribution is -1.97. The van der Waals surface area contributed by atoms with Crippen LogP contribution in [0.2, 0.25) is 0 Å². The van der Waals surface area contributed by atoms with E-state index in [0.717, 1.165) is 61.4 Å². The predicted molar refractivity (Wildman–Crippen MR) is 179 cm³/mol. The molecule has 0 aliphatic rings. The predicted octanol–water partition coefficient (Wildman–Crippen LogP) is 10.5. The Hall–Kier alpha value is -3.90. The molecule has 6 nitrogen and oxygen atoms in total. The Bertz CT molecular complexity index is 2030. The van der Waals surface area contributed by atoms with Gasteiger partial charge < -0.3 is 9.13 Å². The summed E-state index contributed by atoms with van der Waals surface area (Å²) in [5, 5.41) is 37.2. The number of aromatic nitrogens is 2. The standard InChI is InChI=1S/C32H26N6S4/c1-3-5-7-9-37-23-13-21(11-19(15-33)16-34)39-27(23)29-25(37)31-32(41-29)26-30(42-31)28-24(38(26)10-8-6-4-2)14-22(40-28)12-20(17-35)18-36/h11-14H,3-10H2,1-2H3. The van der Waals surface area contributed by atoms with Gasteiger partial charge in [-0.1, -0.05) is 39.5 Å². The van der Waals surface area contributed by atoms with Crippen LogP contribution in [0.1, 0.15) is 62.1 Å². The third-order valence-electron chi connectivity index (χ3n) is 7.50. The fourth-order valence-corrected chi connectivity index (χ4v) is 11.0. The van der Waals surface area contributed by atoms with Crippen molar-refractivity contribution in [3.8, 4) is 24.3 Å². The van der Waals surface area contributed by atoms with Gasteiger partial charge in [-0.3, -0.25) is 0 Å². The molecule has 0 bridgehead atoms. The molecule has 0 saturated heterocycles. The Morgan fingerprint density at radius 3 is 1.33 bits per heavy atom. The molecule has 0 atom stereocenters. The first-order valence-electron chi connectivity index (χ1n) is 14.0. The molecule has 10 heteroatoms. The minimum atomic E-state index is 0.123. The molecular weight excluding hydrogens is 597 g/mol. The summed E-state index contributed by atoms with van der Waals surface area (Å²) >= 11 is 7.04. The molecule has 0 aliphatic carbocycles. The highest BCUT2D eigenvalue weighted by Crippen LogP contribution is 2.52. The number of hydrogen-bond acceptors (Lipinski definition) is 8. The van der Waals surface area contributed by atoms with Gasteiger partial charge in [0.05, 0.1) is 50.3 Å². The summed E-state index contributed by atoms with van der Waals surface area (Å²) in [7, 11) is 0. The molecule has 6 aromatic heterocycles. The van der Waals surface area contributed by atoms with Crippen molar-refractivity contribution >= 4 is 108 Å². The molecule has 6 heterocycles. The van der Waals surface area contributed by atoms with Crippen LogP contribution in [0.4, 0.5) is 0 Å². The molecule has 208 valence electrons. The van der Waals surface area contributed by atoms with Gasteiger partial charge in [0, 0.05) is 22.8 Å². The Morgan fingerprint density at radius 2 is 0.976 bits per heavy atom. The molecule has 0 amide bonds. The summed E-state index contributed by atoms with van der Waals surface area (Å²) in [6.07, 6.45) is 10.2. The van der Waals surface area contributed by atoms with E-state index in [9.17, 15) is 21.0 Å². The highest BCUT2D eigenvalue weighted by atomic mass is 32.1. The first-order valence-corrected chi connectivity index (χ1v) is 17.3. The summed E-state index contributed by atoms with van der Waals surface area (Å²) in [5.41, 5.74) is 5.20. The van der Waals surface area contributed by atoms with Crippen LogP contribution in [-0.2, 0) is 13.1 Å². The van der Waals surface area contributed by atoms with E-state index in [2.05, 4.69) is 35.1 Å². The van der Waals surface area contributed by atoms with Gasteiger partial charge in [0.25, 0.3) is 0 Å². The average molecular weight is 623 g/mol. The van der Waals surface area contributed by atoms with Gasteiger partial charge in [0.2, 0.25) is 0 Å². The van der Waals surface area contributed by atoms with Crippen LogP contribution in [0.3, 0.4) is 0 Å². The van der Waals surface area contributed by atoms with Crippen molar-refractivity contribution in [1.82, 2.24) is 9.13 Å². The smallest absolute Gasteiger partial charge is 0.131 e. The zero-order valence-corrected chi connectivity index (χ0v) is 26.5. The van der Waals surface area contributed by atoms with Crippen molar-refractivity contribution in [2.24, 2.45) is 0 Å². The lowest BCUT2D eigenvalue weighted by molar-refractivity contribution is 0.628. The van der Waals surface area contributed by atoms with E-state index in [0.29, 0.717) is 0 Å². The van der Waals surface area contributed by atoms with Crippen LogP contribution in [-0.4, -0.2) is 9.13 Å². The van der Waals surface area contributed by atoms with Gasteiger partial charge in [0.15, 0.2) is 0 Å². The summed E-state index contributed by atoms with van der Waals surface area (Å²) in [6, 6.07) is 12.2. The largest absolute Gasteiger partial charge is 0.338 e. The van der Waals surface area contributed by atoms with E-state index in [1.54, 1.807) is 34.8 Å². The summed E-state index contributed by atoms with van der Waals surface area (Å²) in [4.78, 5) is 1.87. The van der Waals surface area contributed by atoms with E-state index in [1.165, 1.54) is 50.3 Å². The second-order valence-electron chi connectivity index (χ2n) is 10.2. The van der Waals surface area contributed by atoms with E-state index < -0.39 is 0 Å². The van der Waals surface area contributed by atoms with Crippen molar-refractivity contribution in [2.75, 3.05) is 0 Å². The SMILES string of the molecule is CCCCCn1c2cc(C=C(C#N)C#N)sc2c2sc3c(sc4c5sc(C=C(C#N)C#N)cc5n(CCCCC)c43)c21. The zero-order chi connectivity index (χ0) is 29.4. The molecule has 0 N–H and O–H groups in total. The second kappa shape index (κ2) is 11.8. The van der Waals surface area contributed by atoms with E-state index >= 15 is 0 Å². The normalized spacial score (nSPS) is 11.3. The summed E-state index contributed by atoms with van der Waals surface area (Å²) < 4.78 is 12.6. The molecule has 0 fully saturated rings. The van der Waals surface area contributed by atoms with Crippen molar-refractivity contribution in [2.45, 2.75) is 65.5 Å². The topological polar surface area (TPSA) is 105 Å². The Morgan fingerprint density at radius 1 is 0.595 bits per heavy atom. The minimum absolute atomic E-state index is 0.123. The maximum absolute atomic E-state index is 9.31. The second-order valence-corrected chi connectivity index (χ2v) is 14.4. The third-order valence-corrected chi connectivity index (χ3v) is 12.5. The van der Waals surface area contributed by atoms with Gasteiger partial charge in [-0.05, 0) is 37.1 Å². The fourth-order valence-electron chi connectivity index (χ4n) is 5.59. The first kappa shape index (κ1) is 28.2. The number of unbranched alkanes of at least 4 members (excludes halogenated alkanes) is 4. The monoisotopic (exact) mass is 622 g/mol. The molecule has 0 saturated carbocycles. The molecule has 0 aliphatic heterocycles. The maximum atomic E-state index is 9.31. The van der Waals surface area contributed by atoms with Gasteiger partial charge in [-0.25, -0.2) is 0 Å². The van der Waals surface area contributed by atoms with Gasteiger partial charge in [-0.2, -0.15) is 21.0 Å². The van der Waals surface area contributed by atoms with Crippen LogP contribution in [0, 0.1) is 45.3 Å². The molecular formula is C32H26N6S4. The highest BCUT2D eigenvalue weighted by molar-refractivity contribution is 7.40. The van der Waals surface area contributed by atoms with Crippen molar-refractivity contribution in [3.63, 3.8) is 0 Å². The fraction of sp³-hybridized carbons (Fsp3) is 0.312. The minimum Gasteiger partial charge on any atom is -0.338 e. The number of nitrogens with zero attached hydrogens (tertiary/aromatic N) is 6. The third kappa shape index (κ3) is 4.62. The number of rotatable bonds is 10. The van der Waals surface area contributed by atoms with E-state index in [4.69, 9.17) is 0 Å². The van der Waals surface area contributed by atoms with E-state index in [-0.39, 0.29) is 11.1 Å². The van der Waals surface area contributed by atoms with Gasteiger partial charge in [0.1, 0.15) is 35.4 Å². The maximum Gasteiger partial charge on any atom is 0.131 e. The quantitative estimate of drug-likeness (QED) is 0.112. The number of allylic oxidation sites excluding steroid dienone is 2. The van der Waals surface area contributed by atoms with Crippen molar-refractivity contribution in [3.05, 3.63) is 33.0 Å². The number of nitriles is 4. The number of fused-ring (bicyclic) bond motifs is 9. The summed E-state index contributed by atoms with van der Waals surface area (Å²) in [6.45, 7) is 6.29. The van der Waals surface area contributed by atoms with E-state index in [1.807, 2.05) is 47.0 Å². The van der Waals surface area contributed by atoms with Gasteiger partial charge in [-0.15, -0.1) is 45.3 Å². The average Bonchev–Trinajstić information content (AvgIpc) is 3.81. The Kier molecular flexibility index (Phi) is 7.91. The van der Waals surface area contributed by atoms with Crippen LogP contribution >= 0.6 is 45.3 Å². The number of aryl methyl sites for hydroxylation is 2. The van der Waals surface area contributed by atoms with Crippen LogP contribution in [0.5, 0.6) is 0 Å². The summed E-state index contributed by atoms with van der Waals surface area (Å²) in [5.74, 6) is 0. The van der Waals surface area contributed by atoms with Crippen LogP contribution in [0.25, 0.3) is 62.4 Å².